The third kappa shape index (κ3) is 4.41. The molecule has 2 N–H and O–H groups in total. The molecule has 3 heterocycles. The molecule has 150 valence electrons. The molecule has 7 nitrogen and oxygen atoms in total. The topological polar surface area (TPSA) is 70.4 Å². The number of hydrogen-bond acceptors (Lipinski definition) is 4. The van der Waals surface area contributed by atoms with Gasteiger partial charge in [-0.3, -0.25) is 9.67 Å². The van der Waals surface area contributed by atoms with Gasteiger partial charge in [-0.25, -0.2) is 4.98 Å². The van der Waals surface area contributed by atoms with Gasteiger partial charge in [0.25, 0.3) is 0 Å². The first kappa shape index (κ1) is 19.1. The summed E-state index contributed by atoms with van der Waals surface area (Å²) in [6, 6.07) is 6.72. The van der Waals surface area contributed by atoms with Crippen LogP contribution in [0.15, 0.2) is 35.6 Å². The number of aliphatic imine (C=N–C) groups is 1. The Morgan fingerprint density at radius 3 is 2.93 bits per heavy atom. The largest absolute Gasteiger partial charge is 0.353 e. The van der Waals surface area contributed by atoms with Gasteiger partial charge in [0, 0.05) is 38.6 Å². The summed E-state index contributed by atoms with van der Waals surface area (Å²) < 4.78 is 2.13. The van der Waals surface area contributed by atoms with E-state index in [1.807, 2.05) is 12.1 Å². The van der Waals surface area contributed by atoms with Crippen LogP contribution in [0.1, 0.15) is 43.8 Å². The molecule has 1 aliphatic carbocycles. The molecule has 0 amide bonds. The summed E-state index contributed by atoms with van der Waals surface area (Å²) in [6.45, 7) is 2.45. The molecular formula is C20H28ClN7. The van der Waals surface area contributed by atoms with Crippen LogP contribution in [-0.4, -0.2) is 46.9 Å². The number of nitrogens with zero attached hydrogens (tertiary/aromatic N) is 5. The van der Waals surface area contributed by atoms with E-state index in [4.69, 9.17) is 16.7 Å². The number of nitrogens with one attached hydrogen (secondary N) is 2. The number of anilines is 1. The predicted octanol–water partition coefficient (Wildman–Crippen LogP) is 2.99. The van der Waals surface area contributed by atoms with Gasteiger partial charge in [0.1, 0.15) is 5.82 Å². The quantitative estimate of drug-likeness (QED) is 0.595. The van der Waals surface area contributed by atoms with Crippen molar-refractivity contribution < 1.29 is 0 Å². The van der Waals surface area contributed by atoms with Crippen LogP contribution in [0.4, 0.5) is 5.82 Å². The second-order valence-corrected chi connectivity index (χ2v) is 7.94. The fourth-order valence-electron chi connectivity index (χ4n) is 4.09. The van der Waals surface area contributed by atoms with Crippen molar-refractivity contribution in [3.8, 4) is 0 Å². The molecule has 2 aromatic heterocycles. The summed E-state index contributed by atoms with van der Waals surface area (Å²) in [5.74, 6) is 1.66. The van der Waals surface area contributed by atoms with E-state index in [9.17, 15) is 0 Å². The van der Waals surface area contributed by atoms with Crippen LogP contribution in [0.2, 0.25) is 5.02 Å². The number of guanidine groups is 1. The molecule has 2 fully saturated rings. The molecule has 8 heteroatoms. The van der Waals surface area contributed by atoms with Crippen LogP contribution < -0.4 is 15.5 Å². The fraction of sp³-hybridized carbons (Fsp3) is 0.550. The Morgan fingerprint density at radius 1 is 1.29 bits per heavy atom. The maximum Gasteiger partial charge on any atom is 0.191 e. The summed E-state index contributed by atoms with van der Waals surface area (Å²) in [6.07, 6.45) is 10.0. The van der Waals surface area contributed by atoms with E-state index in [0.29, 0.717) is 23.7 Å². The third-order valence-electron chi connectivity index (χ3n) is 5.59. The Balaban J connectivity index is 1.28. The van der Waals surface area contributed by atoms with Crippen molar-refractivity contribution in [3.05, 3.63) is 41.3 Å². The van der Waals surface area contributed by atoms with Gasteiger partial charge in [0.2, 0.25) is 0 Å². The Hall–Kier alpha value is -2.28. The summed E-state index contributed by atoms with van der Waals surface area (Å²) in [5.41, 5.74) is 1.04. The van der Waals surface area contributed by atoms with Gasteiger partial charge in [0.05, 0.1) is 23.3 Å². The SMILES string of the molecule is CN=C(NCc1ccn(C2CCCC2)n1)NC1CCN(c2ncccc2Cl)C1. The number of rotatable bonds is 5. The maximum absolute atomic E-state index is 6.28. The number of pyridine rings is 1. The van der Waals surface area contributed by atoms with Crippen molar-refractivity contribution in [1.82, 2.24) is 25.4 Å². The van der Waals surface area contributed by atoms with Crippen LogP contribution in [0, 0.1) is 0 Å². The molecule has 1 unspecified atom stereocenters. The molecule has 0 spiro atoms. The zero-order valence-corrected chi connectivity index (χ0v) is 17.1. The number of hydrogen-bond donors (Lipinski definition) is 2. The maximum atomic E-state index is 6.28. The third-order valence-corrected chi connectivity index (χ3v) is 5.89. The first-order valence-corrected chi connectivity index (χ1v) is 10.5. The van der Waals surface area contributed by atoms with E-state index in [2.05, 4.69) is 42.5 Å². The first-order valence-electron chi connectivity index (χ1n) is 10.1. The molecule has 1 saturated carbocycles. The summed E-state index contributed by atoms with van der Waals surface area (Å²) in [5, 5.41) is 12.3. The summed E-state index contributed by atoms with van der Waals surface area (Å²) in [4.78, 5) is 11.0. The highest BCUT2D eigenvalue weighted by Crippen LogP contribution is 2.28. The average Bonchev–Trinajstić information content (AvgIpc) is 3.46. The molecule has 28 heavy (non-hydrogen) atoms. The molecule has 4 rings (SSSR count). The van der Waals surface area contributed by atoms with Gasteiger partial charge in [0.15, 0.2) is 5.96 Å². The van der Waals surface area contributed by atoms with Gasteiger partial charge >= 0.3 is 0 Å². The van der Waals surface area contributed by atoms with Gasteiger partial charge in [-0.05, 0) is 37.5 Å². The van der Waals surface area contributed by atoms with Gasteiger partial charge in [-0.1, -0.05) is 24.4 Å². The normalized spacial score (nSPS) is 20.7. The Kier molecular flexibility index (Phi) is 6.00. The number of aromatic nitrogens is 3. The van der Waals surface area contributed by atoms with Gasteiger partial charge in [-0.15, -0.1) is 0 Å². The van der Waals surface area contributed by atoms with Crippen LogP contribution in [0.5, 0.6) is 0 Å². The molecule has 0 bridgehead atoms. The molecule has 0 radical (unpaired) electrons. The molecule has 2 aliphatic rings. The Labute approximate surface area is 171 Å². The van der Waals surface area contributed by atoms with E-state index >= 15 is 0 Å². The van der Waals surface area contributed by atoms with E-state index in [0.717, 1.165) is 37.0 Å². The minimum atomic E-state index is 0.306. The average molecular weight is 402 g/mol. The zero-order chi connectivity index (χ0) is 19.3. The highest BCUT2D eigenvalue weighted by molar-refractivity contribution is 6.32. The van der Waals surface area contributed by atoms with Crippen molar-refractivity contribution in [2.75, 3.05) is 25.0 Å². The van der Waals surface area contributed by atoms with Crippen LogP contribution in [-0.2, 0) is 6.54 Å². The molecule has 1 aliphatic heterocycles. The van der Waals surface area contributed by atoms with Crippen LogP contribution in [0.25, 0.3) is 0 Å². The van der Waals surface area contributed by atoms with Crippen LogP contribution >= 0.6 is 11.6 Å². The molecule has 0 aromatic carbocycles. The lowest BCUT2D eigenvalue weighted by Crippen LogP contribution is -2.44. The number of halogens is 1. The molecule has 2 aromatic rings. The van der Waals surface area contributed by atoms with Crippen LogP contribution in [0.3, 0.4) is 0 Å². The molecule has 1 saturated heterocycles. The smallest absolute Gasteiger partial charge is 0.191 e. The molecular weight excluding hydrogens is 374 g/mol. The minimum Gasteiger partial charge on any atom is -0.353 e. The Bertz CT molecular complexity index is 812. The highest BCUT2D eigenvalue weighted by atomic mass is 35.5. The second-order valence-electron chi connectivity index (χ2n) is 7.54. The summed E-state index contributed by atoms with van der Waals surface area (Å²) in [7, 11) is 1.80. The predicted molar refractivity (Wildman–Crippen MR) is 113 cm³/mol. The van der Waals surface area contributed by atoms with E-state index < -0.39 is 0 Å². The van der Waals surface area contributed by atoms with Crippen molar-refractivity contribution in [3.63, 3.8) is 0 Å². The molecule has 1 atom stereocenters. The lowest BCUT2D eigenvalue weighted by atomic mass is 10.3. The minimum absolute atomic E-state index is 0.306. The lowest BCUT2D eigenvalue weighted by Gasteiger charge is -2.20. The van der Waals surface area contributed by atoms with Gasteiger partial charge < -0.3 is 15.5 Å². The van der Waals surface area contributed by atoms with E-state index in [1.54, 1.807) is 13.2 Å². The second kappa shape index (κ2) is 8.82. The van der Waals surface area contributed by atoms with Crippen molar-refractivity contribution in [2.45, 2.75) is 50.7 Å². The van der Waals surface area contributed by atoms with Crippen molar-refractivity contribution in [1.29, 1.82) is 0 Å². The monoisotopic (exact) mass is 401 g/mol. The van der Waals surface area contributed by atoms with E-state index in [1.165, 1.54) is 25.7 Å². The zero-order valence-electron chi connectivity index (χ0n) is 16.3. The highest BCUT2D eigenvalue weighted by Gasteiger charge is 2.25. The standard InChI is InChI=1S/C20H28ClN7/c1-22-20(24-13-15-9-12-28(26-15)17-5-2-3-6-17)25-16-8-11-27(14-16)19-18(21)7-4-10-23-19/h4,7,9-10,12,16-17H,2-3,5-6,8,11,13-14H2,1H3,(H2,22,24,25). The van der Waals surface area contributed by atoms with Gasteiger partial charge in [-0.2, -0.15) is 5.10 Å². The van der Waals surface area contributed by atoms with Crippen molar-refractivity contribution >= 4 is 23.4 Å². The Morgan fingerprint density at radius 2 is 2.14 bits per heavy atom. The fourth-order valence-corrected chi connectivity index (χ4v) is 4.33. The first-order chi connectivity index (χ1) is 13.7. The lowest BCUT2D eigenvalue weighted by molar-refractivity contribution is 0.462. The van der Waals surface area contributed by atoms with Crippen molar-refractivity contribution in [2.24, 2.45) is 4.99 Å². The summed E-state index contributed by atoms with van der Waals surface area (Å²) >= 11 is 6.28. The van der Waals surface area contributed by atoms with E-state index in [-0.39, 0.29) is 0 Å².